The topological polar surface area (TPSA) is 69.9 Å². The van der Waals surface area contributed by atoms with E-state index in [-0.39, 0.29) is 0 Å². The van der Waals surface area contributed by atoms with Gasteiger partial charge in [0.05, 0.1) is 16.6 Å². The van der Waals surface area contributed by atoms with Crippen LogP contribution in [0.5, 0.6) is 0 Å². The van der Waals surface area contributed by atoms with Gasteiger partial charge in [0.2, 0.25) is 0 Å². The minimum absolute atomic E-state index is 0.516. The number of hydrogen-bond donors (Lipinski definition) is 0. The van der Waals surface area contributed by atoms with Crippen molar-refractivity contribution in [1.29, 1.82) is 0 Å². The highest BCUT2D eigenvalue weighted by molar-refractivity contribution is 6.23. The maximum Gasteiger partial charge on any atom is 0.167 e. The Kier molecular flexibility index (Phi) is 7.59. The summed E-state index contributed by atoms with van der Waals surface area (Å²) in [5.74, 6) is 1.61. The Morgan fingerprint density at radius 3 is 1.83 bits per heavy atom. The monoisotopic (exact) mass is 830 g/mol. The molecule has 6 heteroatoms. The summed E-state index contributed by atoms with van der Waals surface area (Å²) in [6, 6.07) is 72.1. The van der Waals surface area contributed by atoms with E-state index in [4.69, 9.17) is 23.8 Å². The molecule has 0 saturated carbocycles. The number of para-hydroxylation sites is 2. The van der Waals surface area contributed by atoms with Gasteiger partial charge in [0, 0.05) is 49.1 Å². The molecule has 302 valence electrons. The van der Waals surface area contributed by atoms with E-state index in [9.17, 15) is 0 Å². The summed E-state index contributed by atoms with van der Waals surface area (Å²) in [4.78, 5) is 15.9. The van der Waals surface area contributed by atoms with Crippen molar-refractivity contribution in [3.63, 3.8) is 0 Å². The lowest BCUT2D eigenvalue weighted by Gasteiger charge is -2.13. The van der Waals surface area contributed by atoms with E-state index in [1.54, 1.807) is 0 Å². The molecule has 0 fully saturated rings. The molecule has 65 heavy (non-hydrogen) atoms. The number of aromatic nitrogens is 4. The minimum Gasteiger partial charge on any atom is -0.456 e. The normalized spacial score (nSPS) is 12.0. The van der Waals surface area contributed by atoms with Crippen LogP contribution in [-0.4, -0.2) is 19.5 Å². The molecule has 0 spiro atoms. The van der Waals surface area contributed by atoms with Gasteiger partial charge in [0.1, 0.15) is 22.3 Å². The molecule has 4 heterocycles. The van der Waals surface area contributed by atoms with Crippen molar-refractivity contribution in [1.82, 2.24) is 19.5 Å². The van der Waals surface area contributed by atoms with Crippen molar-refractivity contribution >= 4 is 87.2 Å². The highest BCUT2D eigenvalue weighted by Crippen LogP contribution is 2.43. The van der Waals surface area contributed by atoms with Crippen LogP contribution < -0.4 is 0 Å². The first-order chi connectivity index (χ1) is 32.2. The molecule has 6 nitrogen and oxygen atoms in total. The van der Waals surface area contributed by atoms with Crippen LogP contribution in [-0.2, 0) is 0 Å². The van der Waals surface area contributed by atoms with Crippen molar-refractivity contribution in [2.45, 2.75) is 0 Å². The third-order valence-electron chi connectivity index (χ3n) is 13.0. The van der Waals surface area contributed by atoms with Gasteiger partial charge in [-0.25, -0.2) is 15.0 Å². The van der Waals surface area contributed by atoms with Gasteiger partial charge >= 0.3 is 0 Å². The quantitative estimate of drug-likeness (QED) is 0.173. The van der Waals surface area contributed by atoms with Crippen LogP contribution in [0.25, 0.3) is 138 Å². The second kappa shape index (κ2) is 13.8. The van der Waals surface area contributed by atoms with Crippen LogP contribution in [0.3, 0.4) is 0 Å². The lowest BCUT2D eigenvalue weighted by Crippen LogP contribution is -2.01. The Labute approximate surface area is 371 Å². The fourth-order valence-electron chi connectivity index (χ4n) is 10.0. The Hall–Kier alpha value is -8.87. The lowest BCUT2D eigenvalue weighted by atomic mass is 9.98. The zero-order valence-corrected chi connectivity index (χ0v) is 34.7. The summed E-state index contributed by atoms with van der Waals surface area (Å²) >= 11 is 0. The van der Waals surface area contributed by atoms with Crippen LogP contribution in [0.15, 0.2) is 215 Å². The number of benzene rings is 10. The van der Waals surface area contributed by atoms with E-state index in [0.717, 1.165) is 99.2 Å². The molecule has 0 amide bonds. The highest BCUT2D eigenvalue weighted by Gasteiger charge is 2.23. The molecule has 14 rings (SSSR count). The zero-order chi connectivity index (χ0) is 42.6. The number of hydrogen-bond acceptors (Lipinski definition) is 5. The van der Waals surface area contributed by atoms with Gasteiger partial charge in [0.15, 0.2) is 17.5 Å². The van der Waals surface area contributed by atoms with Crippen molar-refractivity contribution in [3.05, 3.63) is 206 Å². The first-order valence-electron chi connectivity index (χ1n) is 21.8. The zero-order valence-electron chi connectivity index (χ0n) is 34.7. The fourth-order valence-corrected chi connectivity index (χ4v) is 10.0. The van der Waals surface area contributed by atoms with Crippen molar-refractivity contribution < 1.29 is 8.83 Å². The standard InChI is InChI=1S/C59H34N4O2/c1-2-14-35(15-3-1)41-19-8-9-23-46(41)58-60-57(39-26-28-45-44-22-11-13-25-52(44)64-54(45)33-39)61-59(62-58)49-31-38-18-6-7-20-42(38)55-48-34-40(27-29-53(48)65-56(49)55)63-50-24-12-10-21-43(50)47-30-36-16-4-5-17-37(36)32-51(47)63/h1-34H. The van der Waals surface area contributed by atoms with Gasteiger partial charge in [-0.15, -0.1) is 0 Å². The number of nitrogens with zero attached hydrogens (tertiary/aromatic N) is 4. The molecule has 0 bridgehead atoms. The molecule has 0 aliphatic carbocycles. The number of furan rings is 2. The fraction of sp³-hybridized carbons (Fsp3) is 0. The van der Waals surface area contributed by atoms with Gasteiger partial charge in [-0.1, -0.05) is 146 Å². The van der Waals surface area contributed by atoms with Crippen molar-refractivity contribution in [3.8, 4) is 51.0 Å². The summed E-state index contributed by atoms with van der Waals surface area (Å²) in [7, 11) is 0. The molecule has 0 aliphatic rings. The summed E-state index contributed by atoms with van der Waals surface area (Å²) in [6.07, 6.45) is 0. The molecular formula is C59H34N4O2. The van der Waals surface area contributed by atoms with E-state index >= 15 is 0 Å². The van der Waals surface area contributed by atoms with E-state index in [1.165, 1.54) is 21.5 Å². The first kappa shape index (κ1) is 35.7. The molecule has 0 aliphatic heterocycles. The second-order valence-electron chi connectivity index (χ2n) is 16.7. The average Bonchev–Trinajstić information content (AvgIpc) is 4.05. The molecule has 10 aromatic carbocycles. The summed E-state index contributed by atoms with van der Waals surface area (Å²) in [6.45, 7) is 0. The summed E-state index contributed by atoms with van der Waals surface area (Å²) < 4.78 is 15.8. The van der Waals surface area contributed by atoms with Gasteiger partial charge < -0.3 is 13.4 Å². The molecular weight excluding hydrogens is 797 g/mol. The van der Waals surface area contributed by atoms with Crippen LogP contribution >= 0.6 is 0 Å². The minimum atomic E-state index is 0.516. The molecule has 4 aromatic heterocycles. The highest BCUT2D eigenvalue weighted by atomic mass is 16.3. The van der Waals surface area contributed by atoms with Gasteiger partial charge in [0.25, 0.3) is 0 Å². The Morgan fingerprint density at radius 1 is 0.323 bits per heavy atom. The molecule has 0 N–H and O–H groups in total. The number of rotatable bonds is 5. The first-order valence-corrected chi connectivity index (χ1v) is 21.8. The van der Waals surface area contributed by atoms with Crippen LogP contribution in [0.4, 0.5) is 0 Å². The van der Waals surface area contributed by atoms with Crippen molar-refractivity contribution in [2.75, 3.05) is 0 Å². The molecule has 14 aromatic rings. The van der Waals surface area contributed by atoms with E-state index < -0.39 is 0 Å². The second-order valence-corrected chi connectivity index (χ2v) is 16.7. The average molecular weight is 831 g/mol. The van der Waals surface area contributed by atoms with E-state index in [2.05, 4.69) is 174 Å². The smallest absolute Gasteiger partial charge is 0.167 e. The Balaban J connectivity index is 1.03. The van der Waals surface area contributed by atoms with Crippen LogP contribution in [0.2, 0.25) is 0 Å². The molecule has 0 radical (unpaired) electrons. The summed E-state index contributed by atoms with van der Waals surface area (Å²) in [5.41, 5.74) is 11.1. The molecule has 0 saturated heterocycles. The summed E-state index contributed by atoms with van der Waals surface area (Å²) in [5, 5.41) is 11.2. The maximum atomic E-state index is 7.00. The predicted molar refractivity (Wildman–Crippen MR) is 265 cm³/mol. The van der Waals surface area contributed by atoms with Gasteiger partial charge in [-0.05, 0) is 93.3 Å². The predicted octanol–water partition coefficient (Wildman–Crippen LogP) is 15.7. The Morgan fingerprint density at radius 2 is 0.969 bits per heavy atom. The maximum absolute atomic E-state index is 7.00. The molecule has 0 atom stereocenters. The Bertz CT molecular complexity index is 4250. The third-order valence-corrected chi connectivity index (χ3v) is 13.0. The largest absolute Gasteiger partial charge is 0.456 e. The van der Waals surface area contributed by atoms with Crippen LogP contribution in [0, 0.1) is 0 Å². The number of fused-ring (bicyclic) bond motifs is 12. The van der Waals surface area contributed by atoms with E-state index in [1.807, 2.05) is 36.4 Å². The van der Waals surface area contributed by atoms with E-state index in [0.29, 0.717) is 17.5 Å². The third kappa shape index (κ3) is 5.51. The van der Waals surface area contributed by atoms with Gasteiger partial charge in [-0.2, -0.15) is 0 Å². The molecule has 0 unspecified atom stereocenters. The van der Waals surface area contributed by atoms with Crippen molar-refractivity contribution in [2.24, 2.45) is 0 Å². The SMILES string of the molecule is c1ccc(-c2ccccc2-c2nc(-c3ccc4c(c3)oc3ccccc34)nc(-c3cc4ccccc4c4c3oc3ccc(-n5c6ccccc6c6cc7ccccc7cc65)cc34)n2)cc1. The lowest BCUT2D eigenvalue weighted by molar-refractivity contribution is 0.668. The van der Waals surface area contributed by atoms with Crippen LogP contribution in [0.1, 0.15) is 0 Å². The van der Waals surface area contributed by atoms with Gasteiger partial charge in [-0.3, -0.25) is 0 Å².